The number of para-hydroxylation sites is 1. The Kier molecular flexibility index (Phi) is 3.74. The maximum Gasteiger partial charge on any atom is 0.259 e. The fraction of sp³-hybridized carbons (Fsp3) is 0.138. The normalized spacial score (nSPS) is 17.3. The molecule has 1 atom stereocenters. The van der Waals surface area contributed by atoms with Crippen LogP contribution in [0.2, 0.25) is 0 Å². The number of amides is 2. The Bertz CT molecular complexity index is 1950. The number of carbonyl (C=O) groups excluding carboxylic acids is 2. The van der Waals surface area contributed by atoms with E-state index in [9.17, 15) is 14.7 Å². The van der Waals surface area contributed by atoms with Crippen LogP contribution >= 0.6 is 0 Å². The first-order chi connectivity index (χ1) is 17.6. The zero-order valence-electron chi connectivity index (χ0n) is 19.2. The highest BCUT2D eigenvalue weighted by molar-refractivity contribution is 6.39. The Morgan fingerprint density at radius 2 is 1.58 bits per heavy atom. The lowest BCUT2D eigenvalue weighted by Crippen LogP contribution is -2.20. The molecular weight excluding hydrogens is 452 g/mol. The number of fused-ring (bicyclic) bond motifs is 9. The summed E-state index contributed by atoms with van der Waals surface area (Å²) in [5.41, 5.74) is 6.60. The van der Waals surface area contributed by atoms with Crippen LogP contribution in [-0.2, 0) is 13.1 Å². The Labute approximate surface area is 204 Å². The number of imide groups is 1. The summed E-state index contributed by atoms with van der Waals surface area (Å²) in [5.74, 6) is -0.728. The monoisotopic (exact) mass is 472 g/mol. The van der Waals surface area contributed by atoms with Crippen molar-refractivity contribution in [1.82, 2.24) is 19.4 Å². The predicted molar refractivity (Wildman–Crippen MR) is 138 cm³/mol. The molecule has 6 aromatic rings. The van der Waals surface area contributed by atoms with Crippen molar-refractivity contribution in [3.8, 4) is 11.1 Å². The van der Waals surface area contributed by atoms with Crippen LogP contribution < -0.4 is 5.32 Å². The molecule has 0 aliphatic carbocycles. The molecule has 2 N–H and O–H groups in total. The summed E-state index contributed by atoms with van der Waals surface area (Å²) < 4.78 is 4.35. The van der Waals surface area contributed by atoms with Crippen LogP contribution in [0.15, 0.2) is 67.0 Å². The number of pyridine rings is 1. The SMILES string of the molecule is O=C1NC(=O)c2c1c1c3cc(-c4cccnc4)ccc3n3c1c1c2c2ccccc2n1CC(O)CC3. The molecule has 8 rings (SSSR count). The third-order valence-electron chi connectivity index (χ3n) is 7.76. The molecule has 1 unspecified atom stereocenters. The molecule has 0 fully saturated rings. The Hall–Kier alpha value is -4.49. The van der Waals surface area contributed by atoms with Gasteiger partial charge in [0, 0.05) is 63.6 Å². The molecule has 2 amide bonds. The average molecular weight is 473 g/mol. The van der Waals surface area contributed by atoms with E-state index >= 15 is 0 Å². The van der Waals surface area contributed by atoms with Crippen LogP contribution in [0.1, 0.15) is 27.1 Å². The van der Waals surface area contributed by atoms with Crippen molar-refractivity contribution in [3.05, 3.63) is 78.1 Å². The first kappa shape index (κ1) is 19.8. The van der Waals surface area contributed by atoms with Gasteiger partial charge in [-0.1, -0.05) is 30.3 Å². The zero-order chi connectivity index (χ0) is 24.1. The third kappa shape index (κ3) is 2.37. The molecular formula is C29H20N4O3. The number of rotatable bonds is 1. The molecule has 7 heteroatoms. The summed E-state index contributed by atoms with van der Waals surface area (Å²) in [5, 5.41) is 16.9. The summed E-state index contributed by atoms with van der Waals surface area (Å²) in [7, 11) is 0. The van der Waals surface area contributed by atoms with Crippen LogP contribution in [0, 0.1) is 0 Å². The number of carbonyl (C=O) groups is 2. The van der Waals surface area contributed by atoms with E-state index in [-0.39, 0.29) is 11.8 Å². The molecule has 5 heterocycles. The standard InChI is InChI=1S/C29H20N4O3/c34-17-9-11-32-21-8-7-15(16-4-3-10-30-13-16)12-19(21)23-25-24(28(35)31-29(25)36)22-18-5-1-2-6-20(18)33(14-17)27(22)26(23)32/h1-8,10,12-13,17,34H,9,11,14H2,(H,31,35,36). The topological polar surface area (TPSA) is 89.2 Å². The second-order valence-corrected chi connectivity index (χ2v) is 9.68. The first-order valence-electron chi connectivity index (χ1n) is 12.1. The summed E-state index contributed by atoms with van der Waals surface area (Å²) in [6.45, 7) is 1.04. The number of nitrogens with zero attached hydrogens (tertiary/aromatic N) is 3. The molecule has 0 saturated carbocycles. The van der Waals surface area contributed by atoms with Gasteiger partial charge in [0.25, 0.3) is 11.8 Å². The maximum atomic E-state index is 13.3. The lowest BCUT2D eigenvalue weighted by atomic mass is 9.95. The first-order valence-corrected chi connectivity index (χ1v) is 12.1. The fourth-order valence-corrected chi connectivity index (χ4v) is 6.30. The molecule has 174 valence electrons. The van der Waals surface area contributed by atoms with Gasteiger partial charge in [0.15, 0.2) is 0 Å². The van der Waals surface area contributed by atoms with E-state index in [4.69, 9.17) is 0 Å². The van der Waals surface area contributed by atoms with E-state index < -0.39 is 6.10 Å². The Morgan fingerprint density at radius 3 is 2.39 bits per heavy atom. The van der Waals surface area contributed by atoms with Gasteiger partial charge in [-0.15, -0.1) is 0 Å². The van der Waals surface area contributed by atoms with Gasteiger partial charge >= 0.3 is 0 Å². The molecule has 3 aromatic heterocycles. The van der Waals surface area contributed by atoms with E-state index in [2.05, 4.69) is 37.6 Å². The number of hydrogen-bond acceptors (Lipinski definition) is 4. The number of aromatic nitrogens is 3. The van der Waals surface area contributed by atoms with E-state index in [0.29, 0.717) is 30.6 Å². The van der Waals surface area contributed by atoms with Crippen molar-refractivity contribution in [2.24, 2.45) is 0 Å². The van der Waals surface area contributed by atoms with Crippen LogP contribution in [0.4, 0.5) is 0 Å². The number of aliphatic hydroxyl groups is 1. The molecule has 0 saturated heterocycles. The number of hydrogen-bond donors (Lipinski definition) is 2. The van der Waals surface area contributed by atoms with Gasteiger partial charge in [-0.2, -0.15) is 0 Å². The quantitative estimate of drug-likeness (QED) is 0.342. The third-order valence-corrected chi connectivity index (χ3v) is 7.76. The summed E-state index contributed by atoms with van der Waals surface area (Å²) in [4.78, 5) is 30.8. The zero-order valence-corrected chi connectivity index (χ0v) is 19.2. The van der Waals surface area contributed by atoms with Crippen LogP contribution in [0.5, 0.6) is 0 Å². The Balaban J connectivity index is 1.66. The van der Waals surface area contributed by atoms with Crippen molar-refractivity contribution >= 4 is 55.4 Å². The molecule has 0 bridgehead atoms. The number of nitrogens with one attached hydrogen (secondary N) is 1. The van der Waals surface area contributed by atoms with Crippen molar-refractivity contribution in [2.45, 2.75) is 25.6 Å². The molecule has 7 nitrogen and oxygen atoms in total. The maximum absolute atomic E-state index is 13.3. The predicted octanol–water partition coefficient (Wildman–Crippen LogP) is 4.61. The van der Waals surface area contributed by atoms with Crippen molar-refractivity contribution in [2.75, 3.05) is 0 Å². The van der Waals surface area contributed by atoms with Crippen molar-refractivity contribution < 1.29 is 14.7 Å². The van der Waals surface area contributed by atoms with E-state index in [1.165, 1.54) is 0 Å². The largest absolute Gasteiger partial charge is 0.391 e. The van der Waals surface area contributed by atoms with E-state index in [1.54, 1.807) is 6.20 Å². The highest BCUT2D eigenvalue weighted by Gasteiger charge is 2.37. The average Bonchev–Trinajstić information content (AvgIpc) is 3.49. The van der Waals surface area contributed by atoms with E-state index in [0.717, 1.165) is 54.7 Å². The minimum Gasteiger partial charge on any atom is -0.391 e. The number of benzene rings is 3. The van der Waals surface area contributed by atoms with Gasteiger partial charge in [-0.3, -0.25) is 19.9 Å². The Morgan fingerprint density at radius 1 is 0.833 bits per heavy atom. The van der Waals surface area contributed by atoms with Crippen LogP contribution in [0.25, 0.3) is 54.7 Å². The fourth-order valence-electron chi connectivity index (χ4n) is 6.30. The van der Waals surface area contributed by atoms with Gasteiger partial charge in [0.1, 0.15) is 0 Å². The smallest absolute Gasteiger partial charge is 0.259 e. The molecule has 36 heavy (non-hydrogen) atoms. The molecule has 0 spiro atoms. The second-order valence-electron chi connectivity index (χ2n) is 9.68. The molecule has 2 aliphatic rings. The van der Waals surface area contributed by atoms with Crippen molar-refractivity contribution in [1.29, 1.82) is 0 Å². The van der Waals surface area contributed by atoms with Crippen LogP contribution in [-0.4, -0.2) is 37.1 Å². The highest BCUT2D eigenvalue weighted by atomic mass is 16.3. The summed E-state index contributed by atoms with van der Waals surface area (Å²) in [6.07, 6.45) is 3.61. The van der Waals surface area contributed by atoms with Gasteiger partial charge in [-0.25, -0.2) is 0 Å². The van der Waals surface area contributed by atoms with Crippen LogP contribution in [0.3, 0.4) is 0 Å². The van der Waals surface area contributed by atoms with Gasteiger partial charge < -0.3 is 14.2 Å². The van der Waals surface area contributed by atoms with Gasteiger partial charge in [0.05, 0.1) is 28.3 Å². The lowest BCUT2D eigenvalue weighted by Gasteiger charge is -2.20. The number of aliphatic hydroxyl groups excluding tert-OH is 1. The number of aryl methyl sites for hydroxylation is 1. The minimum atomic E-state index is -0.539. The second kappa shape index (κ2) is 6.80. The van der Waals surface area contributed by atoms with Gasteiger partial charge in [0.2, 0.25) is 0 Å². The summed E-state index contributed by atoms with van der Waals surface area (Å²) >= 11 is 0. The molecule has 3 aromatic carbocycles. The minimum absolute atomic E-state index is 0.360. The lowest BCUT2D eigenvalue weighted by molar-refractivity contribution is 0.0880. The highest BCUT2D eigenvalue weighted by Crippen LogP contribution is 2.46. The summed E-state index contributed by atoms with van der Waals surface area (Å²) in [6, 6.07) is 18.1. The van der Waals surface area contributed by atoms with Crippen molar-refractivity contribution in [3.63, 3.8) is 0 Å². The van der Waals surface area contributed by atoms with Gasteiger partial charge in [-0.05, 0) is 36.2 Å². The molecule has 0 radical (unpaired) electrons. The van der Waals surface area contributed by atoms with E-state index in [1.807, 2.05) is 42.6 Å². The molecule has 2 aliphatic heterocycles.